The number of aromatic nitrogens is 1. The summed E-state index contributed by atoms with van der Waals surface area (Å²) in [5.74, 6) is 0.210. The number of methoxy groups -OCH3 is 1. The van der Waals surface area contributed by atoms with Gasteiger partial charge in [0.2, 0.25) is 0 Å². The molecule has 2 heterocycles. The zero-order chi connectivity index (χ0) is 28.8. The number of thioether (sulfide) groups is 1. The lowest BCUT2D eigenvalue weighted by Gasteiger charge is -2.15. The lowest BCUT2D eigenvalue weighted by Crippen LogP contribution is -2.31. The molecular weight excluding hydrogens is 606 g/mol. The number of aromatic amines is 1. The minimum atomic E-state index is -0.470. The topological polar surface area (TPSA) is 93.2 Å². The predicted octanol–water partition coefficient (Wildman–Crippen LogP) is 6.73. The van der Waals surface area contributed by atoms with Crippen LogP contribution >= 0.6 is 27.7 Å². The van der Waals surface area contributed by atoms with Crippen molar-refractivity contribution in [2.75, 3.05) is 26.9 Å². The molecule has 1 amide bonds. The molecule has 1 fully saturated rings. The number of hydrogen-bond acceptors (Lipinski definition) is 7. The van der Waals surface area contributed by atoms with E-state index in [0.717, 1.165) is 27.7 Å². The molecule has 1 N–H and O–H groups in total. The maximum atomic E-state index is 13.7. The first-order valence-corrected chi connectivity index (χ1v) is 14.6. The van der Waals surface area contributed by atoms with Crippen molar-refractivity contribution in [1.29, 1.82) is 0 Å². The van der Waals surface area contributed by atoms with Gasteiger partial charge >= 0.3 is 5.97 Å². The fraction of sp³-hybridized carbons (Fsp3) is 0.194. The van der Waals surface area contributed by atoms with E-state index in [2.05, 4.69) is 27.0 Å². The van der Waals surface area contributed by atoms with Gasteiger partial charge in [0.1, 0.15) is 0 Å². The Balaban J connectivity index is 1.42. The molecule has 0 bridgehead atoms. The molecule has 41 heavy (non-hydrogen) atoms. The smallest absolute Gasteiger partial charge is 0.344 e. The second-order valence-electron chi connectivity index (χ2n) is 9.03. The van der Waals surface area contributed by atoms with Crippen molar-refractivity contribution >= 4 is 67.4 Å². The van der Waals surface area contributed by atoms with Crippen LogP contribution in [0.15, 0.2) is 87.3 Å². The van der Waals surface area contributed by atoms with Crippen LogP contribution in [-0.4, -0.2) is 53.8 Å². The molecule has 3 aromatic carbocycles. The highest BCUT2D eigenvalue weighted by atomic mass is 79.9. The lowest BCUT2D eigenvalue weighted by molar-refractivity contribution is -0.145. The van der Waals surface area contributed by atoms with Crippen LogP contribution in [0.2, 0.25) is 0 Å². The van der Waals surface area contributed by atoms with E-state index in [9.17, 15) is 9.59 Å². The van der Waals surface area contributed by atoms with Crippen LogP contribution in [0.5, 0.6) is 11.5 Å². The maximum absolute atomic E-state index is 13.7. The lowest BCUT2D eigenvalue weighted by atomic mass is 10.1. The molecule has 0 aliphatic carbocycles. The quantitative estimate of drug-likeness (QED) is 0.154. The van der Waals surface area contributed by atoms with E-state index in [1.54, 1.807) is 30.0 Å². The van der Waals surface area contributed by atoms with E-state index in [4.69, 9.17) is 19.2 Å². The molecule has 0 spiro atoms. The summed E-state index contributed by atoms with van der Waals surface area (Å²) in [7, 11) is 1.52. The molecule has 1 aliphatic heterocycles. The Morgan fingerprint density at radius 2 is 1.88 bits per heavy atom. The average Bonchev–Trinajstić information content (AvgIpc) is 3.52. The average molecular weight is 635 g/mol. The van der Waals surface area contributed by atoms with E-state index in [0.29, 0.717) is 39.0 Å². The van der Waals surface area contributed by atoms with Gasteiger partial charge in [-0.2, -0.15) is 0 Å². The van der Waals surface area contributed by atoms with Crippen molar-refractivity contribution in [2.45, 2.75) is 13.3 Å². The van der Waals surface area contributed by atoms with Gasteiger partial charge in [0.25, 0.3) is 5.91 Å². The summed E-state index contributed by atoms with van der Waals surface area (Å²) in [4.78, 5) is 35.9. The molecule has 10 heteroatoms. The number of esters is 1. The summed E-state index contributed by atoms with van der Waals surface area (Å²) in [5, 5.41) is 1.76. The summed E-state index contributed by atoms with van der Waals surface area (Å²) in [6, 6.07) is 21.2. The number of amides is 1. The van der Waals surface area contributed by atoms with Gasteiger partial charge in [-0.25, -0.2) is 9.79 Å². The minimum absolute atomic E-state index is 0.127. The monoisotopic (exact) mass is 633 g/mol. The van der Waals surface area contributed by atoms with Crippen molar-refractivity contribution < 1.29 is 23.8 Å². The number of carbonyl (C=O) groups is 2. The number of nitrogens with zero attached hydrogens (tertiary/aromatic N) is 2. The van der Waals surface area contributed by atoms with Crippen molar-refractivity contribution in [3.63, 3.8) is 0 Å². The number of H-pyrrole nitrogens is 1. The molecule has 0 saturated carbocycles. The molecule has 5 rings (SSSR count). The van der Waals surface area contributed by atoms with Gasteiger partial charge in [0.05, 0.1) is 24.3 Å². The molecule has 4 aromatic rings. The van der Waals surface area contributed by atoms with Crippen LogP contribution in [0, 0.1) is 0 Å². The summed E-state index contributed by atoms with van der Waals surface area (Å²) >= 11 is 4.90. The van der Waals surface area contributed by atoms with Gasteiger partial charge in [-0.3, -0.25) is 9.69 Å². The zero-order valence-electron chi connectivity index (χ0n) is 22.6. The van der Waals surface area contributed by atoms with Gasteiger partial charge in [0.15, 0.2) is 23.3 Å². The SMILES string of the molecule is CCOC(=O)COc1cc(Br)c(/C=C2/SC(=Nc3ccccc3)N(CCc3c[nH]c4ccccc34)C2=O)cc1OC. The van der Waals surface area contributed by atoms with Gasteiger partial charge in [-0.15, -0.1) is 0 Å². The van der Waals surface area contributed by atoms with E-state index < -0.39 is 5.97 Å². The minimum Gasteiger partial charge on any atom is -0.493 e. The standard InChI is InChI=1S/C31H28BrN3O5S/c1-3-39-29(36)19-40-27-17-24(32)21(15-26(27)38-2)16-28-30(37)35(31(41-28)34-22-9-5-4-6-10-22)14-13-20-18-33-25-12-8-7-11-23(20)25/h4-12,15-18,33H,3,13-14,19H2,1-2H3/b28-16+,34-31?. The second-order valence-corrected chi connectivity index (χ2v) is 10.9. The summed E-state index contributed by atoms with van der Waals surface area (Å²) in [6.07, 6.45) is 4.47. The molecule has 1 aliphatic rings. The fourth-order valence-corrected chi connectivity index (χ4v) is 5.84. The molecule has 210 valence electrons. The summed E-state index contributed by atoms with van der Waals surface area (Å²) in [5.41, 5.74) is 3.70. The number of halogens is 1. The molecular formula is C31H28BrN3O5S. The molecule has 0 atom stereocenters. The predicted molar refractivity (Wildman–Crippen MR) is 166 cm³/mol. The van der Waals surface area contributed by atoms with E-state index in [1.807, 2.05) is 54.7 Å². The number of nitrogens with one attached hydrogen (secondary N) is 1. The van der Waals surface area contributed by atoms with Crippen LogP contribution in [0.25, 0.3) is 17.0 Å². The van der Waals surface area contributed by atoms with Crippen LogP contribution < -0.4 is 9.47 Å². The molecule has 0 unspecified atom stereocenters. The number of amidine groups is 1. The largest absolute Gasteiger partial charge is 0.493 e. The second kappa shape index (κ2) is 13.1. The van der Waals surface area contributed by atoms with Crippen molar-refractivity contribution in [1.82, 2.24) is 9.88 Å². The number of rotatable bonds is 10. The summed E-state index contributed by atoms with van der Waals surface area (Å²) < 4.78 is 16.7. The normalized spacial score (nSPS) is 15.2. The number of fused-ring (bicyclic) bond motifs is 1. The van der Waals surface area contributed by atoms with Crippen molar-refractivity contribution in [2.24, 2.45) is 4.99 Å². The number of carbonyl (C=O) groups excluding carboxylic acids is 2. The van der Waals surface area contributed by atoms with Gasteiger partial charge in [0, 0.05) is 28.1 Å². The first kappa shape index (κ1) is 28.5. The van der Waals surface area contributed by atoms with Crippen LogP contribution in [-0.2, 0) is 20.7 Å². The number of benzene rings is 3. The van der Waals surface area contributed by atoms with Crippen LogP contribution in [0.1, 0.15) is 18.1 Å². The molecule has 1 aromatic heterocycles. The first-order valence-electron chi connectivity index (χ1n) is 13.0. The Morgan fingerprint density at radius 3 is 2.66 bits per heavy atom. The Kier molecular flexibility index (Phi) is 9.11. The zero-order valence-corrected chi connectivity index (χ0v) is 25.0. The highest BCUT2D eigenvalue weighted by molar-refractivity contribution is 9.10. The fourth-order valence-electron chi connectivity index (χ4n) is 4.39. The number of para-hydroxylation sites is 2. The number of aliphatic imine (C=N–C) groups is 1. The van der Waals surface area contributed by atoms with Crippen LogP contribution in [0.4, 0.5) is 5.69 Å². The first-order chi connectivity index (χ1) is 20.0. The Labute approximate surface area is 250 Å². The third-order valence-corrected chi connectivity index (χ3v) is 8.06. The van der Waals surface area contributed by atoms with E-state index in [-0.39, 0.29) is 19.1 Å². The summed E-state index contributed by atoms with van der Waals surface area (Å²) in [6.45, 7) is 2.24. The van der Waals surface area contributed by atoms with E-state index >= 15 is 0 Å². The Hall–Kier alpha value is -4.02. The van der Waals surface area contributed by atoms with Crippen LogP contribution in [0.3, 0.4) is 0 Å². The number of ether oxygens (including phenoxy) is 3. The third-order valence-electron chi connectivity index (χ3n) is 6.37. The van der Waals surface area contributed by atoms with Gasteiger partial charge in [-0.1, -0.05) is 52.3 Å². The van der Waals surface area contributed by atoms with Gasteiger partial charge < -0.3 is 19.2 Å². The van der Waals surface area contributed by atoms with E-state index in [1.165, 1.54) is 18.9 Å². The molecule has 1 saturated heterocycles. The van der Waals surface area contributed by atoms with Gasteiger partial charge in [-0.05, 0) is 72.6 Å². The third kappa shape index (κ3) is 6.66. The number of hydrogen-bond donors (Lipinski definition) is 1. The Bertz CT molecular complexity index is 1630. The highest BCUT2D eigenvalue weighted by Gasteiger charge is 2.33. The molecule has 0 radical (unpaired) electrons. The van der Waals surface area contributed by atoms with Crippen molar-refractivity contribution in [3.05, 3.63) is 93.4 Å². The Morgan fingerprint density at radius 1 is 1.10 bits per heavy atom. The maximum Gasteiger partial charge on any atom is 0.344 e. The molecule has 8 nitrogen and oxygen atoms in total. The van der Waals surface area contributed by atoms with Crippen molar-refractivity contribution in [3.8, 4) is 11.5 Å². The highest BCUT2D eigenvalue weighted by Crippen LogP contribution is 2.39.